The average Bonchev–Trinajstić information content (AvgIpc) is 2.82. The second-order valence-electron chi connectivity index (χ2n) is 5.95. The number of carbonyl (C=O) groups is 1. The molecule has 0 saturated heterocycles. The van der Waals surface area contributed by atoms with Crippen molar-refractivity contribution >= 4 is 15.9 Å². The number of rotatable bonds is 4. The molecule has 0 atom stereocenters. The number of hydrogen-bond donors (Lipinski definition) is 1. The van der Waals surface area contributed by atoms with Gasteiger partial charge in [0.2, 0.25) is 10.0 Å². The van der Waals surface area contributed by atoms with Crippen LogP contribution < -0.4 is 4.72 Å². The van der Waals surface area contributed by atoms with E-state index in [0.29, 0.717) is 12.8 Å². The molecule has 1 heterocycles. The molecule has 1 fully saturated rings. The maximum atomic E-state index is 12.2. The summed E-state index contributed by atoms with van der Waals surface area (Å²) in [5.74, 6) is -0.636. The highest BCUT2D eigenvalue weighted by Crippen LogP contribution is 2.23. The van der Waals surface area contributed by atoms with Crippen molar-refractivity contribution in [1.29, 1.82) is 0 Å². The molecular formula is C14H23N3O3S. The van der Waals surface area contributed by atoms with Gasteiger partial charge in [0.15, 0.2) is 5.69 Å². The van der Waals surface area contributed by atoms with Gasteiger partial charge in [-0.15, -0.1) is 0 Å². The van der Waals surface area contributed by atoms with E-state index in [9.17, 15) is 13.2 Å². The molecule has 1 aliphatic carbocycles. The lowest BCUT2D eigenvalue weighted by molar-refractivity contribution is 0.0975. The summed E-state index contributed by atoms with van der Waals surface area (Å²) in [7, 11) is -3.60. The van der Waals surface area contributed by atoms with E-state index in [1.807, 2.05) is 20.8 Å². The first-order valence-corrected chi connectivity index (χ1v) is 8.98. The molecule has 1 amide bonds. The molecule has 1 aliphatic rings. The molecule has 0 spiro atoms. The number of aryl methyl sites for hydroxylation is 1. The monoisotopic (exact) mass is 313 g/mol. The second kappa shape index (κ2) is 6.17. The third-order valence-electron chi connectivity index (χ3n) is 3.87. The van der Waals surface area contributed by atoms with Crippen LogP contribution in [0.2, 0.25) is 0 Å². The normalized spacial score (nSPS) is 17.1. The van der Waals surface area contributed by atoms with E-state index in [0.717, 1.165) is 25.0 Å². The van der Waals surface area contributed by atoms with Gasteiger partial charge < -0.3 is 0 Å². The Morgan fingerprint density at radius 3 is 2.48 bits per heavy atom. The summed E-state index contributed by atoms with van der Waals surface area (Å²) in [5.41, 5.74) is 0.991. The molecule has 1 N–H and O–H groups in total. The average molecular weight is 313 g/mol. The predicted molar refractivity (Wildman–Crippen MR) is 80.6 cm³/mol. The molecule has 1 aromatic heterocycles. The summed E-state index contributed by atoms with van der Waals surface area (Å²) in [6, 6.07) is 1.74. The highest BCUT2D eigenvalue weighted by molar-refractivity contribution is 7.90. The molecule has 0 unspecified atom stereocenters. The summed E-state index contributed by atoms with van der Waals surface area (Å²) in [4.78, 5) is 12.1. The Morgan fingerprint density at radius 2 is 1.95 bits per heavy atom. The van der Waals surface area contributed by atoms with Gasteiger partial charge >= 0.3 is 0 Å². The first-order valence-electron chi connectivity index (χ1n) is 7.43. The fraction of sp³-hybridized carbons (Fsp3) is 0.714. The molecule has 7 heteroatoms. The lowest BCUT2D eigenvalue weighted by Crippen LogP contribution is -2.39. The van der Waals surface area contributed by atoms with Crippen LogP contribution in [0.25, 0.3) is 0 Å². The molecule has 1 aromatic rings. The zero-order valence-electron chi connectivity index (χ0n) is 12.8. The topological polar surface area (TPSA) is 81.1 Å². The highest BCUT2D eigenvalue weighted by Gasteiger charge is 2.29. The van der Waals surface area contributed by atoms with Crippen molar-refractivity contribution in [2.24, 2.45) is 0 Å². The Kier molecular flexibility index (Phi) is 4.70. The lowest BCUT2D eigenvalue weighted by atomic mass is 10.0. The van der Waals surface area contributed by atoms with E-state index >= 15 is 0 Å². The van der Waals surface area contributed by atoms with Crippen LogP contribution in [0, 0.1) is 6.92 Å². The Hall–Kier alpha value is -1.37. The van der Waals surface area contributed by atoms with E-state index in [2.05, 4.69) is 9.82 Å². The summed E-state index contributed by atoms with van der Waals surface area (Å²) in [6.45, 7) is 5.76. The van der Waals surface area contributed by atoms with Gasteiger partial charge in [-0.05, 0) is 39.7 Å². The van der Waals surface area contributed by atoms with Gasteiger partial charge in [-0.25, -0.2) is 13.1 Å². The number of sulfonamides is 1. The minimum absolute atomic E-state index is 0.126. The molecule has 118 valence electrons. The third-order valence-corrected chi connectivity index (χ3v) is 5.69. The fourth-order valence-corrected chi connectivity index (χ4v) is 4.25. The maximum Gasteiger partial charge on any atom is 0.285 e. The quantitative estimate of drug-likeness (QED) is 0.923. The molecule has 0 radical (unpaired) electrons. The van der Waals surface area contributed by atoms with Crippen LogP contribution in [0.5, 0.6) is 0 Å². The van der Waals surface area contributed by atoms with Gasteiger partial charge in [0.05, 0.1) is 5.25 Å². The van der Waals surface area contributed by atoms with Gasteiger partial charge in [0.25, 0.3) is 5.91 Å². The van der Waals surface area contributed by atoms with E-state index < -0.39 is 21.2 Å². The number of amides is 1. The van der Waals surface area contributed by atoms with Crippen molar-refractivity contribution in [3.63, 3.8) is 0 Å². The van der Waals surface area contributed by atoms with Gasteiger partial charge in [-0.3, -0.25) is 9.48 Å². The molecule has 6 nitrogen and oxygen atoms in total. The van der Waals surface area contributed by atoms with E-state index in [4.69, 9.17) is 0 Å². The first kappa shape index (κ1) is 16.0. The maximum absolute atomic E-state index is 12.2. The lowest BCUT2D eigenvalue weighted by Gasteiger charge is -2.21. The van der Waals surface area contributed by atoms with Crippen molar-refractivity contribution in [2.75, 3.05) is 0 Å². The Labute approximate surface area is 126 Å². The van der Waals surface area contributed by atoms with E-state index in [1.54, 1.807) is 10.7 Å². The van der Waals surface area contributed by atoms with Gasteiger partial charge in [-0.1, -0.05) is 19.3 Å². The van der Waals surface area contributed by atoms with Crippen LogP contribution in [-0.2, 0) is 10.0 Å². The van der Waals surface area contributed by atoms with Crippen molar-refractivity contribution < 1.29 is 13.2 Å². The number of nitrogens with zero attached hydrogens (tertiary/aromatic N) is 2. The van der Waals surface area contributed by atoms with Gasteiger partial charge in [0.1, 0.15) is 0 Å². The van der Waals surface area contributed by atoms with Crippen LogP contribution in [-0.4, -0.2) is 29.4 Å². The Bertz CT molecular complexity index is 613. The molecule has 21 heavy (non-hydrogen) atoms. The Morgan fingerprint density at radius 1 is 1.33 bits per heavy atom. The molecule has 0 aliphatic heterocycles. The summed E-state index contributed by atoms with van der Waals surface area (Å²) < 4.78 is 28.3. The van der Waals surface area contributed by atoms with Gasteiger partial charge in [-0.2, -0.15) is 5.10 Å². The van der Waals surface area contributed by atoms with Crippen LogP contribution in [0.1, 0.15) is 68.2 Å². The van der Waals surface area contributed by atoms with Crippen LogP contribution in [0.15, 0.2) is 6.07 Å². The van der Waals surface area contributed by atoms with Crippen molar-refractivity contribution in [3.05, 3.63) is 17.5 Å². The largest absolute Gasteiger partial charge is 0.285 e. The number of aromatic nitrogens is 2. The molecular weight excluding hydrogens is 290 g/mol. The third kappa shape index (κ3) is 3.64. The summed E-state index contributed by atoms with van der Waals surface area (Å²) in [5, 5.41) is 3.72. The minimum Gasteiger partial charge on any atom is -0.267 e. The zero-order valence-corrected chi connectivity index (χ0v) is 13.6. The predicted octanol–water partition coefficient (Wildman–Crippen LogP) is 2.16. The van der Waals surface area contributed by atoms with Crippen LogP contribution in [0.3, 0.4) is 0 Å². The van der Waals surface area contributed by atoms with E-state index in [1.165, 1.54) is 0 Å². The summed E-state index contributed by atoms with van der Waals surface area (Å²) in [6.07, 6.45) is 4.13. The zero-order chi connectivity index (χ0) is 15.6. The first-order chi connectivity index (χ1) is 9.81. The molecule has 1 saturated carbocycles. The number of hydrogen-bond acceptors (Lipinski definition) is 4. The SMILES string of the molecule is Cc1cc(C(=O)NS(=O)(=O)C2CCCCC2)nn1C(C)C. The molecule has 0 bridgehead atoms. The molecule has 2 rings (SSSR count). The standard InChI is InChI=1S/C14H23N3O3S/c1-10(2)17-11(3)9-13(15-17)14(18)16-21(19,20)12-7-5-4-6-8-12/h9-10,12H,4-8H2,1-3H3,(H,16,18). The summed E-state index contributed by atoms with van der Waals surface area (Å²) >= 11 is 0. The minimum atomic E-state index is -3.60. The van der Waals surface area contributed by atoms with Crippen LogP contribution in [0.4, 0.5) is 0 Å². The van der Waals surface area contributed by atoms with E-state index in [-0.39, 0.29) is 11.7 Å². The smallest absolute Gasteiger partial charge is 0.267 e. The highest BCUT2D eigenvalue weighted by atomic mass is 32.2. The number of carbonyl (C=O) groups excluding carboxylic acids is 1. The molecule has 0 aromatic carbocycles. The van der Waals surface area contributed by atoms with Crippen LogP contribution >= 0.6 is 0 Å². The van der Waals surface area contributed by atoms with Crippen molar-refractivity contribution in [1.82, 2.24) is 14.5 Å². The van der Waals surface area contributed by atoms with Crippen molar-refractivity contribution in [2.45, 2.75) is 64.2 Å². The fourth-order valence-electron chi connectivity index (χ4n) is 2.76. The van der Waals surface area contributed by atoms with Gasteiger partial charge in [0, 0.05) is 11.7 Å². The van der Waals surface area contributed by atoms with Crippen molar-refractivity contribution in [3.8, 4) is 0 Å². The second-order valence-corrected chi connectivity index (χ2v) is 7.91. The number of nitrogens with one attached hydrogen (secondary N) is 1. The Balaban J connectivity index is 2.12.